The summed E-state index contributed by atoms with van der Waals surface area (Å²) in [5.41, 5.74) is 0. The number of amides is 1. The lowest BCUT2D eigenvalue weighted by Crippen LogP contribution is -2.50. The summed E-state index contributed by atoms with van der Waals surface area (Å²) >= 11 is 2.10. The van der Waals surface area contributed by atoms with Gasteiger partial charge in [0.1, 0.15) is 24.4 Å². The first-order valence-corrected chi connectivity index (χ1v) is 7.77. The molecular formula is C11H22IN3O6. The number of carbonyl (C=O) groups is 1. The van der Waals surface area contributed by atoms with Crippen LogP contribution in [0.2, 0.25) is 0 Å². The van der Waals surface area contributed by atoms with E-state index < -0.39 is 31.0 Å². The highest BCUT2D eigenvalue weighted by Gasteiger charge is 2.33. The number of nitroso groups, excluding NO2 is 1. The Labute approximate surface area is 136 Å². The molecule has 0 spiro atoms. The third-order valence-corrected chi connectivity index (χ3v) is 4.12. The molecule has 0 heterocycles. The van der Waals surface area contributed by atoms with E-state index in [2.05, 4.69) is 27.8 Å². The van der Waals surface area contributed by atoms with Crippen molar-refractivity contribution in [2.75, 3.05) is 38.3 Å². The first kappa shape index (κ1) is 20.6. The van der Waals surface area contributed by atoms with Gasteiger partial charge in [-0.05, 0) is 7.05 Å². The molecule has 0 aliphatic carbocycles. The average molecular weight is 419 g/mol. The maximum absolute atomic E-state index is 11.8. The molecule has 0 aromatic carbocycles. The lowest BCUT2D eigenvalue weighted by Gasteiger charge is -2.28. The van der Waals surface area contributed by atoms with E-state index in [0.29, 0.717) is 4.55 Å². The van der Waals surface area contributed by atoms with Gasteiger partial charge < -0.3 is 25.3 Å². The van der Waals surface area contributed by atoms with Gasteiger partial charge in [-0.2, -0.15) is 4.91 Å². The first-order valence-electron chi connectivity index (χ1n) is 6.24. The minimum atomic E-state index is -1.71. The Bertz CT molecular complexity index is 335. The molecule has 0 aliphatic heterocycles. The van der Waals surface area contributed by atoms with Crippen LogP contribution in [-0.2, 0) is 4.79 Å². The van der Waals surface area contributed by atoms with Crippen molar-refractivity contribution in [2.45, 2.75) is 24.4 Å². The van der Waals surface area contributed by atoms with Gasteiger partial charge in [0.15, 0.2) is 0 Å². The minimum Gasteiger partial charge on any atom is -0.394 e. The molecule has 1 amide bonds. The van der Waals surface area contributed by atoms with Crippen molar-refractivity contribution in [1.29, 1.82) is 0 Å². The van der Waals surface area contributed by atoms with Crippen molar-refractivity contribution in [1.82, 2.24) is 9.80 Å². The number of carbonyl (C=O) groups excluding carboxylic acids is 1. The molecule has 124 valence electrons. The molecule has 0 aromatic heterocycles. The van der Waals surface area contributed by atoms with Gasteiger partial charge >= 0.3 is 0 Å². The molecule has 0 bridgehead atoms. The van der Waals surface area contributed by atoms with Gasteiger partial charge in [-0.1, -0.05) is 27.8 Å². The van der Waals surface area contributed by atoms with Crippen LogP contribution in [0.5, 0.6) is 0 Å². The standard InChI is InChI=1S/C11H22IN3O6/c1-14(6-12)4-9(18)15(2)3-8(17)11(20)10(19)7(5-16)13-21/h7-8,10-11,16-17,19-20H,3-6H2,1-2H3/t7-,8+,10-,11-/m1/s1. The molecular weight excluding hydrogens is 397 g/mol. The zero-order valence-electron chi connectivity index (χ0n) is 12.0. The van der Waals surface area contributed by atoms with Crippen molar-refractivity contribution in [3.05, 3.63) is 4.91 Å². The van der Waals surface area contributed by atoms with Crippen LogP contribution in [0.25, 0.3) is 0 Å². The van der Waals surface area contributed by atoms with Crippen molar-refractivity contribution in [2.24, 2.45) is 5.18 Å². The SMILES string of the molecule is CN(CI)CC(=O)N(C)C[C@H](O)[C@@H](O)[C@H](O)[C@@H](CO)N=O. The van der Waals surface area contributed by atoms with Crippen LogP contribution in [0.4, 0.5) is 0 Å². The van der Waals surface area contributed by atoms with Gasteiger partial charge in [0.25, 0.3) is 0 Å². The highest BCUT2D eigenvalue weighted by molar-refractivity contribution is 14.1. The van der Waals surface area contributed by atoms with E-state index in [1.54, 1.807) is 11.9 Å². The summed E-state index contributed by atoms with van der Waals surface area (Å²) in [5.74, 6) is -0.262. The molecule has 10 heteroatoms. The third-order valence-electron chi connectivity index (χ3n) is 2.96. The fourth-order valence-electron chi connectivity index (χ4n) is 1.54. The van der Waals surface area contributed by atoms with Crippen LogP contribution in [0.1, 0.15) is 0 Å². The Balaban J connectivity index is 4.48. The number of aliphatic hydroxyl groups is 4. The maximum Gasteiger partial charge on any atom is 0.236 e. The molecule has 0 radical (unpaired) electrons. The third kappa shape index (κ3) is 6.93. The molecule has 0 fully saturated rings. The van der Waals surface area contributed by atoms with Crippen LogP contribution in [0.15, 0.2) is 5.18 Å². The number of hydrogen-bond donors (Lipinski definition) is 4. The van der Waals surface area contributed by atoms with E-state index >= 15 is 0 Å². The van der Waals surface area contributed by atoms with E-state index in [1.807, 2.05) is 0 Å². The van der Waals surface area contributed by atoms with Crippen molar-refractivity contribution < 1.29 is 25.2 Å². The molecule has 0 saturated heterocycles. The Morgan fingerprint density at radius 3 is 2.24 bits per heavy atom. The predicted octanol–water partition coefficient (Wildman–Crippen LogP) is -2.02. The first-order chi connectivity index (χ1) is 9.78. The van der Waals surface area contributed by atoms with Crippen LogP contribution < -0.4 is 0 Å². The zero-order chi connectivity index (χ0) is 16.6. The molecule has 0 aliphatic rings. The van der Waals surface area contributed by atoms with E-state index in [-0.39, 0.29) is 19.0 Å². The van der Waals surface area contributed by atoms with Gasteiger partial charge in [-0.15, -0.1) is 0 Å². The van der Waals surface area contributed by atoms with Gasteiger partial charge in [0.2, 0.25) is 5.91 Å². The maximum atomic E-state index is 11.8. The van der Waals surface area contributed by atoms with Gasteiger partial charge in [-0.25, -0.2) is 0 Å². The number of hydrogen-bond acceptors (Lipinski definition) is 8. The Hall–Kier alpha value is -0.400. The van der Waals surface area contributed by atoms with Gasteiger partial charge in [0.05, 0.1) is 17.7 Å². The Kier molecular flexibility index (Phi) is 10.1. The van der Waals surface area contributed by atoms with E-state index in [4.69, 9.17) is 5.11 Å². The zero-order valence-corrected chi connectivity index (χ0v) is 14.1. The number of nitrogens with zero attached hydrogens (tertiary/aromatic N) is 3. The second-order valence-electron chi connectivity index (χ2n) is 4.81. The second kappa shape index (κ2) is 10.3. The van der Waals surface area contributed by atoms with E-state index in [0.717, 1.165) is 0 Å². The lowest BCUT2D eigenvalue weighted by molar-refractivity contribution is -0.134. The summed E-state index contributed by atoms with van der Waals surface area (Å²) in [4.78, 5) is 25.1. The van der Waals surface area contributed by atoms with Gasteiger partial charge in [-0.3, -0.25) is 9.69 Å². The molecule has 0 rings (SSSR count). The highest BCUT2D eigenvalue weighted by Crippen LogP contribution is 2.09. The monoisotopic (exact) mass is 419 g/mol. The quantitative estimate of drug-likeness (QED) is 0.139. The summed E-state index contributed by atoms with van der Waals surface area (Å²) in [6.45, 7) is -0.813. The lowest BCUT2D eigenvalue weighted by atomic mass is 10.0. The molecule has 4 N–H and O–H groups in total. The number of halogens is 1. The summed E-state index contributed by atoms with van der Waals surface area (Å²) in [5, 5.41) is 40.4. The number of aliphatic hydroxyl groups excluding tert-OH is 4. The number of likely N-dealkylation sites (N-methyl/N-ethyl adjacent to an activating group) is 2. The summed E-state index contributed by atoms with van der Waals surface area (Å²) < 4.78 is 0.657. The van der Waals surface area contributed by atoms with Crippen LogP contribution >= 0.6 is 22.6 Å². The highest BCUT2D eigenvalue weighted by atomic mass is 127. The van der Waals surface area contributed by atoms with Gasteiger partial charge in [0, 0.05) is 13.6 Å². The number of alkyl halides is 1. The Morgan fingerprint density at radius 2 is 1.81 bits per heavy atom. The van der Waals surface area contributed by atoms with Crippen LogP contribution in [-0.4, -0.2) is 98.8 Å². The predicted molar refractivity (Wildman–Crippen MR) is 83.8 cm³/mol. The average Bonchev–Trinajstić information content (AvgIpc) is 2.46. The minimum absolute atomic E-state index is 0.153. The topological polar surface area (TPSA) is 134 Å². The molecule has 21 heavy (non-hydrogen) atoms. The molecule has 0 unspecified atom stereocenters. The second-order valence-corrected chi connectivity index (χ2v) is 5.49. The molecule has 0 aromatic rings. The fraction of sp³-hybridized carbons (Fsp3) is 0.909. The molecule has 9 nitrogen and oxygen atoms in total. The van der Waals surface area contributed by atoms with Crippen molar-refractivity contribution in [3.63, 3.8) is 0 Å². The van der Waals surface area contributed by atoms with Crippen LogP contribution in [0.3, 0.4) is 0 Å². The van der Waals surface area contributed by atoms with E-state index in [1.165, 1.54) is 11.9 Å². The largest absolute Gasteiger partial charge is 0.394 e. The van der Waals surface area contributed by atoms with E-state index in [9.17, 15) is 25.0 Å². The Morgan fingerprint density at radius 1 is 1.24 bits per heavy atom. The smallest absolute Gasteiger partial charge is 0.236 e. The van der Waals surface area contributed by atoms with Crippen LogP contribution in [0, 0.1) is 4.91 Å². The fourth-order valence-corrected chi connectivity index (χ4v) is 1.78. The summed E-state index contributed by atoms with van der Waals surface area (Å²) in [6.07, 6.45) is -4.87. The normalized spacial score (nSPS) is 17.1. The van der Waals surface area contributed by atoms with Crippen molar-refractivity contribution >= 4 is 28.5 Å². The molecule has 0 saturated carbocycles. The van der Waals surface area contributed by atoms with Crippen molar-refractivity contribution in [3.8, 4) is 0 Å². The summed E-state index contributed by atoms with van der Waals surface area (Å²) in [6, 6.07) is -1.43. The summed E-state index contributed by atoms with van der Waals surface area (Å²) in [7, 11) is 3.21. The molecule has 4 atom stereocenters. The number of rotatable bonds is 10.